The van der Waals surface area contributed by atoms with Crippen molar-refractivity contribution in [3.8, 4) is 11.1 Å². The molecule has 166 valence electrons. The SMILES string of the molecule is CCCCCCc1cccc2cc3c(-c4ccccc4)cc4cc5ccccc5cc4c3cc12. The molecule has 6 rings (SSSR count). The van der Waals surface area contributed by atoms with Crippen LogP contribution in [-0.2, 0) is 6.42 Å². The molecule has 0 N–H and O–H groups in total. The van der Waals surface area contributed by atoms with Crippen molar-refractivity contribution in [3.63, 3.8) is 0 Å². The molecule has 0 aliphatic rings. The summed E-state index contributed by atoms with van der Waals surface area (Å²) < 4.78 is 0. The van der Waals surface area contributed by atoms with Crippen molar-refractivity contribution in [1.29, 1.82) is 0 Å². The Morgan fingerprint density at radius 1 is 0.471 bits per heavy atom. The Morgan fingerprint density at radius 3 is 2.03 bits per heavy atom. The summed E-state index contributed by atoms with van der Waals surface area (Å²) in [4.78, 5) is 0. The summed E-state index contributed by atoms with van der Waals surface area (Å²) in [6.45, 7) is 2.28. The summed E-state index contributed by atoms with van der Waals surface area (Å²) in [5.41, 5.74) is 4.07. The van der Waals surface area contributed by atoms with Gasteiger partial charge in [-0.3, -0.25) is 0 Å². The highest BCUT2D eigenvalue weighted by molar-refractivity contribution is 6.20. The zero-order valence-corrected chi connectivity index (χ0v) is 19.9. The van der Waals surface area contributed by atoms with Crippen molar-refractivity contribution in [1.82, 2.24) is 0 Å². The molecule has 0 unspecified atom stereocenters. The topological polar surface area (TPSA) is 0 Å². The minimum atomic E-state index is 1.15. The summed E-state index contributed by atoms with van der Waals surface area (Å²) in [6.07, 6.45) is 6.34. The first kappa shape index (κ1) is 20.9. The van der Waals surface area contributed by atoms with Gasteiger partial charge in [-0.05, 0) is 103 Å². The fourth-order valence-corrected chi connectivity index (χ4v) is 5.50. The first-order chi connectivity index (χ1) is 16.8. The maximum Gasteiger partial charge on any atom is -0.00925 e. The second-order valence-corrected chi connectivity index (χ2v) is 9.56. The van der Waals surface area contributed by atoms with Crippen LogP contribution < -0.4 is 0 Å². The molecular weight excluding hydrogens is 408 g/mol. The number of aryl methyl sites for hydroxylation is 1. The molecule has 0 aliphatic carbocycles. The highest BCUT2D eigenvalue weighted by Crippen LogP contribution is 2.39. The van der Waals surface area contributed by atoms with Crippen LogP contribution in [0.4, 0.5) is 0 Å². The monoisotopic (exact) mass is 438 g/mol. The lowest BCUT2D eigenvalue weighted by Gasteiger charge is -2.15. The predicted molar refractivity (Wildman–Crippen MR) is 150 cm³/mol. The van der Waals surface area contributed by atoms with Crippen LogP contribution in [0.2, 0.25) is 0 Å². The van der Waals surface area contributed by atoms with E-state index in [-0.39, 0.29) is 0 Å². The van der Waals surface area contributed by atoms with Crippen molar-refractivity contribution >= 4 is 43.1 Å². The summed E-state index contributed by atoms with van der Waals surface area (Å²) >= 11 is 0. The van der Waals surface area contributed by atoms with Crippen LogP contribution in [0.25, 0.3) is 54.2 Å². The smallest absolute Gasteiger partial charge is 0.00925 e. The van der Waals surface area contributed by atoms with Gasteiger partial charge in [-0.25, -0.2) is 0 Å². The molecule has 0 spiro atoms. The zero-order chi connectivity index (χ0) is 22.9. The highest BCUT2D eigenvalue weighted by atomic mass is 14.2. The van der Waals surface area contributed by atoms with E-state index in [0.717, 1.165) is 6.42 Å². The van der Waals surface area contributed by atoms with Crippen molar-refractivity contribution < 1.29 is 0 Å². The summed E-state index contributed by atoms with van der Waals surface area (Å²) in [5.74, 6) is 0. The molecule has 0 amide bonds. The second-order valence-electron chi connectivity index (χ2n) is 9.56. The molecule has 0 aliphatic heterocycles. The van der Waals surface area contributed by atoms with Crippen LogP contribution in [0, 0.1) is 0 Å². The molecule has 0 fully saturated rings. The molecule has 0 heteroatoms. The zero-order valence-electron chi connectivity index (χ0n) is 19.9. The minimum Gasteiger partial charge on any atom is -0.0654 e. The average Bonchev–Trinajstić information content (AvgIpc) is 2.89. The quantitative estimate of drug-likeness (QED) is 0.138. The number of rotatable bonds is 6. The van der Waals surface area contributed by atoms with E-state index in [1.807, 2.05) is 0 Å². The maximum absolute atomic E-state index is 2.48. The first-order valence-electron chi connectivity index (χ1n) is 12.7. The van der Waals surface area contributed by atoms with Gasteiger partial charge in [-0.15, -0.1) is 0 Å². The van der Waals surface area contributed by atoms with E-state index in [9.17, 15) is 0 Å². The molecule has 34 heavy (non-hydrogen) atoms. The van der Waals surface area contributed by atoms with E-state index in [1.165, 1.54) is 85.5 Å². The Kier molecular flexibility index (Phi) is 5.51. The lowest BCUT2D eigenvalue weighted by molar-refractivity contribution is 0.668. The van der Waals surface area contributed by atoms with Gasteiger partial charge in [-0.1, -0.05) is 99.0 Å². The largest absolute Gasteiger partial charge is 0.0654 e. The number of hydrogen-bond donors (Lipinski definition) is 0. The van der Waals surface area contributed by atoms with Crippen LogP contribution in [-0.4, -0.2) is 0 Å². The second kappa shape index (κ2) is 8.95. The Balaban J connectivity index is 1.66. The summed E-state index contributed by atoms with van der Waals surface area (Å²) in [5, 5.41) is 10.7. The van der Waals surface area contributed by atoms with Crippen molar-refractivity contribution in [3.05, 3.63) is 109 Å². The van der Waals surface area contributed by atoms with Gasteiger partial charge in [-0.2, -0.15) is 0 Å². The predicted octanol–water partition coefficient (Wildman–Crippen LogP) is 10.1. The third-order valence-electron chi connectivity index (χ3n) is 7.29. The van der Waals surface area contributed by atoms with Gasteiger partial charge in [0, 0.05) is 0 Å². The van der Waals surface area contributed by atoms with Crippen LogP contribution in [0.1, 0.15) is 38.2 Å². The molecule has 0 aromatic heterocycles. The van der Waals surface area contributed by atoms with Gasteiger partial charge < -0.3 is 0 Å². The van der Waals surface area contributed by atoms with Gasteiger partial charge in [0.1, 0.15) is 0 Å². The van der Waals surface area contributed by atoms with Gasteiger partial charge in [0.25, 0.3) is 0 Å². The number of benzene rings is 6. The van der Waals surface area contributed by atoms with E-state index >= 15 is 0 Å². The van der Waals surface area contributed by atoms with Crippen molar-refractivity contribution in [2.75, 3.05) is 0 Å². The Hall–Kier alpha value is -3.64. The highest BCUT2D eigenvalue weighted by Gasteiger charge is 2.12. The molecule has 0 heterocycles. The molecular formula is C34H30. The summed E-state index contributed by atoms with van der Waals surface area (Å²) in [6, 6.07) is 38.4. The lowest BCUT2D eigenvalue weighted by atomic mass is 9.89. The van der Waals surface area contributed by atoms with E-state index < -0.39 is 0 Å². The minimum absolute atomic E-state index is 1.15. The lowest BCUT2D eigenvalue weighted by Crippen LogP contribution is -1.91. The van der Waals surface area contributed by atoms with Gasteiger partial charge in [0.05, 0.1) is 0 Å². The summed E-state index contributed by atoms with van der Waals surface area (Å²) in [7, 11) is 0. The normalized spacial score (nSPS) is 11.7. The van der Waals surface area contributed by atoms with Gasteiger partial charge >= 0.3 is 0 Å². The fourth-order valence-electron chi connectivity index (χ4n) is 5.50. The average molecular weight is 439 g/mol. The van der Waals surface area contributed by atoms with Crippen molar-refractivity contribution in [2.24, 2.45) is 0 Å². The molecule has 0 radical (unpaired) electrons. The Morgan fingerprint density at radius 2 is 1.21 bits per heavy atom. The van der Waals surface area contributed by atoms with Crippen LogP contribution >= 0.6 is 0 Å². The number of unbranched alkanes of at least 4 members (excludes halogenated alkanes) is 3. The number of fused-ring (bicyclic) bond motifs is 5. The molecule has 0 atom stereocenters. The molecule has 0 saturated carbocycles. The first-order valence-corrected chi connectivity index (χ1v) is 12.7. The molecule has 6 aromatic rings. The third-order valence-corrected chi connectivity index (χ3v) is 7.29. The van der Waals surface area contributed by atoms with Gasteiger partial charge in [0.2, 0.25) is 0 Å². The van der Waals surface area contributed by atoms with E-state index in [4.69, 9.17) is 0 Å². The number of hydrogen-bond acceptors (Lipinski definition) is 0. The van der Waals surface area contributed by atoms with E-state index in [1.54, 1.807) is 0 Å². The standard InChI is InChI=1S/C34H30/c1-2-3-4-6-12-24-17-11-18-28-21-33-31(25-13-7-5-8-14-25)22-29-19-26-15-9-10-16-27(26)20-32(29)34(33)23-30(24)28/h5,7-11,13-23H,2-4,6,12H2,1H3. The van der Waals surface area contributed by atoms with E-state index in [0.29, 0.717) is 0 Å². The molecule has 0 bridgehead atoms. The van der Waals surface area contributed by atoms with Crippen LogP contribution in [0.5, 0.6) is 0 Å². The van der Waals surface area contributed by atoms with Crippen molar-refractivity contribution in [2.45, 2.75) is 39.0 Å². The van der Waals surface area contributed by atoms with Gasteiger partial charge in [0.15, 0.2) is 0 Å². The Labute approximate surface area is 201 Å². The maximum atomic E-state index is 2.48. The Bertz CT molecular complexity index is 1620. The van der Waals surface area contributed by atoms with E-state index in [2.05, 4.69) is 110 Å². The third kappa shape index (κ3) is 3.74. The van der Waals surface area contributed by atoms with Crippen LogP contribution in [0.15, 0.2) is 103 Å². The fraction of sp³-hybridized carbons (Fsp3) is 0.176. The molecule has 0 nitrogen and oxygen atoms in total. The molecule has 6 aromatic carbocycles. The van der Waals surface area contributed by atoms with Crippen LogP contribution in [0.3, 0.4) is 0 Å². The molecule has 0 saturated heterocycles.